The van der Waals surface area contributed by atoms with E-state index in [1.807, 2.05) is 0 Å². The molecule has 88 valence electrons. The standard InChI is InChI=1S/C11H15FN2O2/c1-11(2,9(13)10(15)16-3)8-6-7(12)4-5-14-8/h4-6,9H,13H2,1-3H3. The van der Waals surface area contributed by atoms with Gasteiger partial charge in [-0.25, -0.2) is 4.39 Å². The summed E-state index contributed by atoms with van der Waals surface area (Å²) in [6, 6.07) is 1.62. The van der Waals surface area contributed by atoms with Gasteiger partial charge in [0.2, 0.25) is 0 Å². The van der Waals surface area contributed by atoms with Crippen LogP contribution in [0.5, 0.6) is 0 Å². The first kappa shape index (κ1) is 12.6. The Labute approximate surface area is 93.6 Å². The van der Waals surface area contributed by atoms with Gasteiger partial charge in [-0.3, -0.25) is 9.78 Å². The maximum Gasteiger partial charge on any atom is 0.323 e. The third-order valence-corrected chi connectivity index (χ3v) is 2.61. The van der Waals surface area contributed by atoms with Crippen LogP contribution in [0, 0.1) is 5.82 Å². The highest BCUT2D eigenvalue weighted by atomic mass is 19.1. The lowest BCUT2D eigenvalue weighted by atomic mass is 9.81. The molecular formula is C11H15FN2O2. The molecule has 2 N–H and O–H groups in total. The lowest BCUT2D eigenvalue weighted by Crippen LogP contribution is -2.47. The number of aromatic nitrogens is 1. The smallest absolute Gasteiger partial charge is 0.323 e. The minimum atomic E-state index is -0.883. The molecule has 1 aromatic heterocycles. The van der Waals surface area contributed by atoms with Crippen LogP contribution in [-0.2, 0) is 14.9 Å². The number of carbonyl (C=O) groups excluding carboxylic acids is 1. The number of methoxy groups -OCH3 is 1. The lowest BCUT2D eigenvalue weighted by Gasteiger charge is -2.28. The zero-order valence-electron chi connectivity index (χ0n) is 9.53. The molecule has 1 atom stereocenters. The van der Waals surface area contributed by atoms with E-state index in [9.17, 15) is 9.18 Å². The molecule has 1 rings (SSSR count). The van der Waals surface area contributed by atoms with Gasteiger partial charge in [0.05, 0.1) is 12.8 Å². The van der Waals surface area contributed by atoms with Crippen molar-refractivity contribution in [2.24, 2.45) is 5.73 Å². The Morgan fingerprint density at radius 1 is 1.62 bits per heavy atom. The topological polar surface area (TPSA) is 65.2 Å². The number of esters is 1. The molecule has 0 saturated carbocycles. The van der Waals surface area contributed by atoms with Crippen LogP contribution < -0.4 is 5.73 Å². The van der Waals surface area contributed by atoms with Gasteiger partial charge in [-0.05, 0) is 12.1 Å². The van der Waals surface area contributed by atoms with Crippen LogP contribution in [0.3, 0.4) is 0 Å². The zero-order chi connectivity index (χ0) is 12.3. The van der Waals surface area contributed by atoms with Gasteiger partial charge in [-0.15, -0.1) is 0 Å². The second-order valence-electron chi connectivity index (χ2n) is 4.08. The van der Waals surface area contributed by atoms with Crippen molar-refractivity contribution in [2.75, 3.05) is 7.11 Å². The van der Waals surface area contributed by atoms with Crippen LogP contribution >= 0.6 is 0 Å². The number of ether oxygens (including phenoxy) is 1. The quantitative estimate of drug-likeness (QED) is 0.781. The summed E-state index contributed by atoms with van der Waals surface area (Å²) in [4.78, 5) is 15.4. The van der Waals surface area contributed by atoms with Crippen LogP contribution in [0.25, 0.3) is 0 Å². The molecule has 0 aliphatic rings. The van der Waals surface area contributed by atoms with Crippen LogP contribution in [0.2, 0.25) is 0 Å². The number of hydrogen-bond acceptors (Lipinski definition) is 4. The highest BCUT2D eigenvalue weighted by Gasteiger charge is 2.35. The van der Waals surface area contributed by atoms with Crippen molar-refractivity contribution in [2.45, 2.75) is 25.3 Å². The predicted octanol–water partition coefficient (Wildman–Crippen LogP) is 0.999. The molecule has 4 nitrogen and oxygen atoms in total. The first-order chi connectivity index (χ1) is 7.39. The average molecular weight is 226 g/mol. The molecule has 1 aromatic rings. The van der Waals surface area contributed by atoms with Crippen LogP contribution in [-0.4, -0.2) is 24.1 Å². The molecule has 0 radical (unpaired) electrons. The Balaban J connectivity index is 3.05. The first-order valence-corrected chi connectivity index (χ1v) is 4.85. The number of pyridine rings is 1. The Bertz CT molecular complexity index is 393. The normalized spacial score (nSPS) is 13.3. The Hall–Kier alpha value is -1.49. The van der Waals surface area contributed by atoms with E-state index in [1.54, 1.807) is 13.8 Å². The molecule has 0 bridgehead atoms. The van der Waals surface area contributed by atoms with Crippen molar-refractivity contribution < 1.29 is 13.9 Å². The summed E-state index contributed by atoms with van der Waals surface area (Å²) >= 11 is 0. The second kappa shape index (κ2) is 4.57. The van der Waals surface area contributed by atoms with Crippen LogP contribution in [0.4, 0.5) is 4.39 Å². The van der Waals surface area contributed by atoms with Gasteiger partial charge in [0.1, 0.15) is 11.9 Å². The summed E-state index contributed by atoms with van der Waals surface area (Å²) in [5.41, 5.74) is 5.39. The molecule has 0 amide bonds. The van der Waals surface area contributed by atoms with Gasteiger partial charge < -0.3 is 10.5 Å². The number of nitrogens with zero attached hydrogens (tertiary/aromatic N) is 1. The molecular weight excluding hydrogens is 211 g/mol. The fourth-order valence-electron chi connectivity index (χ4n) is 1.34. The van der Waals surface area contributed by atoms with E-state index in [-0.39, 0.29) is 0 Å². The fourth-order valence-corrected chi connectivity index (χ4v) is 1.34. The van der Waals surface area contributed by atoms with Gasteiger partial charge in [-0.1, -0.05) is 13.8 Å². The van der Waals surface area contributed by atoms with Crippen LogP contribution in [0.1, 0.15) is 19.5 Å². The predicted molar refractivity (Wildman–Crippen MR) is 57.2 cm³/mol. The summed E-state index contributed by atoms with van der Waals surface area (Å²) < 4.78 is 17.6. The summed E-state index contributed by atoms with van der Waals surface area (Å²) in [5.74, 6) is -0.953. The van der Waals surface area contributed by atoms with E-state index in [4.69, 9.17) is 5.73 Å². The van der Waals surface area contributed by atoms with Gasteiger partial charge >= 0.3 is 5.97 Å². The third-order valence-electron chi connectivity index (χ3n) is 2.61. The maximum absolute atomic E-state index is 13.0. The zero-order valence-corrected chi connectivity index (χ0v) is 9.53. The van der Waals surface area contributed by atoms with Crippen molar-refractivity contribution in [1.82, 2.24) is 4.98 Å². The van der Waals surface area contributed by atoms with Crippen LogP contribution in [0.15, 0.2) is 18.3 Å². The molecule has 0 saturated heterocycles. The minimum absolute atomic E-state index is 0.407. The maximum atomic E-state index is 13.0. The molecule has 0 fully saturated rings. The molecule has 0 aromatic carbocycles. The largest absolute Gasteiger partial charge is 0.468 e. The molecule has 1 unspecified atom stereocenters. The van der Waals surface area contributed by atoms with Crippen molar-refractivity contribution in [3.8, 4) is 0 Å². The van der Waals surface area contributed by atoms with Gasteiger partial charge in [0.15, 0.2) is 0 Å². The van der Waals surface area contributed by atoms with E-state index >= 15 is 0 Å². The molecule has 1 heterocycles. The van der Waals surface area contributed by atoms with Crippen molar-refractivity contribution in [3.05, 3.63) is 29.8 Å². The third kappa shape index (κ3) is 2.36. The summed E-state index contributed by atoms with van der Waals surface area (Å²) in [6.45, 7) is 3.44. The van der Waals surface area contributed by atoms with Gasteiger partial charge in [-0.2, -0.15) is 0 Å². The summed E-state index contributed by atoms with van der Waals surface area (Å²) in [5, 5.41) is 0. The number of carbonyl (C=O) groups is 1. The van der Waals surface area contributed by atoms with Crippen molar-refractivity contribution >= 4 is 5.97 Å². The van der Waals surface area contributed by atoms with E-state index in [0.717, 1.165) is 0 Å². The Kier molecular flexibility index (Phi) is 3.59. The number of halogens is 1. The van der Waals surface area contributed by atoms with Gasteiger partial charge in [0.25, 0.3) is 0 Å². The molecule has 0 spiro atoms. The monoisotopic (exact) mass is 226 g/mol. The molecule has 0 aliphatic heterocycles. The van der Waals surface area contributed by atoms with E-state index < -0.39 is 23.2 Å². The number of hydrogen-bond donors (Lipinski definition) is 1. The molecule has 5 heteroatoms. The Morgan fingerprint density at radius 2 is 2.25 bits per heavy atom. The summed E-state index contributed by atoms with van der Waals surface area (Å²) in [6.07, 6.45) is 1.34. The van der Waals surface area contributed by atoms with E-state index in [1.165, 1.54) is 25.4 Å². The number of rotatable bonds is 3. The molecule has 0 aliphatic carbocycles. The highest BCUT2D eigenvalue weighted by Crippen LogP contribution is 2.25. The highest BCUT2D eigenvalue weighted by molar-refractivity contribution is 5.77. The average Bonchev–Trinajstić information content (AvgIpc) is 2.27. The van der Waals surface area contributed by atoms with Gasteiger partial charge in [0, 0.05) is 11.6 Å². The molecule has 16 heavy (non-hydrogen) atoms. The second-order valence-corrected chi connectivity index (χ2v) is 4.08. The van der Waals surface area contributed by atoms with E-state index in [0.29, 0.717) is 5.69 Å². The summed E-state index contributed by atoms with van der Waals surface area (Å²) in [7, 11) is 1.26. The van der Waals surface area contributed by atoms with Crippen molar-refractivity contribution in [1.29, 1.82) is 0 Å². The first-order valence-electron chi connectivity index (χ1n) is 4.85. The lowest BCUT2D eigenvalue weighted by molar-refractivity contribution is -0.143. The number of nitrogens with two attached hydrogens (primary N) is 1. The Morgan fingerprint density at radius 3 is 2.75 bits per heavy atom. The minimum Gasteiger partial charge on any atom is -0.468 e. The van der Waals surface area contributed by atoms with Crippen molar-refractivity contribution in [3.63, 3.8) is 0 Å². The fraction of sp³-hybridized carbons (Fsp3) is 0.455. The SMILES string of the molecule is COC(=O)C(N)C(C)(C)c1cc(F)ccn1. The van der Waals surface area contributed by atoms with E-state index in [2.05, 4.69) is 9.72 Å².